The number of aromatic nitrogens is 3. The van der Waals surface area contributed by atoms with Gasteiger partial charge in [0.15, 0.2) is 0 Å². The molecule has 0 bridgehead atoms. The standard InChI is InChI=1S/C16H22ClN3O/c1-15(2,3)16(21,10-20-12-18-11-19-20)9-8-13-4-6-14(17)7-5-13/h4-7,11-12,21H,8-10H2,1-3H3/p+1/t16-/m1/s1. The first kappa shape index (κ1) is 16.0. The monoisotopic (exact) mass is 308 g/mol. The van der Waals surface area contributed by atoms with Crippen molar-refractivity contribution in [3.05, 3.63) is 47.5 Å². The molecule has 0 aliphatic carbocycles. The summed E-state index contributed by atoms with van der Waals surface area (Å²) < 4.78 is 1.81. The molecule has 5 heteroatoms. The van der Waals surface area contributed by atoms with E-state index < -0.39 is 5.60 Å². The number of hydrogen-bond donors (Lipinski definition) is 2. The van der Waals surface area contributed by atoms with Crippen molar-refractivity contribution < 1.29 is 9.79 Å². The number of nitrogens with zero attached hydrogens (tertiary/aromatic N) is 2. The van der Waals surface area contributed by atoms with E-state index in [2.05, 4.69) is 30.9 Å². The van der Waals surface area contributed by atoms with Crippen LogP contribution in [0.3, 0.4) is 0 Å². The SMILES string of the molecule is CC(C)(C)[C@@](O)(CCc1ccc(Cl)cc1)C[n+]1cnc[nH]1. The Morgan fingerprint density at radius 2 is 1.90 bits per heavy atom. The first-order valence-corrected chi connectivity index (χ1v) is 7.53. The van der Waals surface area contributed by atoms with Crippen LogP contribution in [0.5, 0.6) is 0 Å². The fraction of sp³-hybridized carbons (Fsp3) is 0.500. The highest BCUT2D eigenvalue weighted by Crippen LogP contribution is 2.34. The molecule has 4 nitrogen and oxygen atoms in total. The second kappa shape index (κ2) is 6.16. The summed E-state index contributed by atoms with van der Waals surface area (Å²) in [5.41, 5.74) is 0.109. The van der Waals surface area contributed by atoms with Crippen LogP contribution in [0.4, 0.5) is 0 Å². The van der Waals surface area contributed by atoms with Gasteiger partial charge >= 0.3 is 6.33 Å². The van der Waals surface area contributed by atoms with E-state index in [1.165, 1.54) is 5.56 Å². The summed E-state index contributed by atoms with van der Waals surface area (Å²) >= 11 is 5.91. The van der Waals surface area contributed by atoms with Crippen LogP contribution >= 0.6 is 11.6 Å². The van der Waals surface area contributed by atoms with Crippen LogP contribution in [-0.2, 0) is 13.0 Å². The minimum Gasteiger partial charge on any atom is -0.385 e. The molecule has 1 aromatic carbocycles. The second-order valence-corrected chi connectivity index (χ2v) is 7.00. The zero-order valence-corrected chi connectivity index (χ0v) is 13.6. The van der Waals surface area contributed by atoms with Crippen molar-refractivity contribution in [1.29, 1.82) is 0 Å². The average Bonchev–Trinajstić information content (AvgIpc) is 2.89. The van der Waals surface area contributed by atoms with Crippen molar-refractivity contribution >= 4 is 11.6 Å². The molecular formula is C16H23ClN3O+. The number of H-pyrrole nitrogens is 1. The Hall–Kier alpha value is -1.39. The van der Waals surface area contributed by atoms with E-state index in [9.17, 15) is 5.11 Å². The summed E-state index contributed by atoms with van der Waals surface area (Å²) in [5.74, 6) is 0. The Labute approximate surface area is 130 Å². The highest BCUT2D eigenvalue weighted by Gasteiger charge is 2.42. The predicted octanol–water partition coefficient (Wildman–Crippen LogP) is 2.76. The third-order valence-corrected chi connectivity index (χ3v) is 4.32. The number of benzene rings is 1. The van der Waals surface area contributed by atoms with Crippen molar-refractivity contribution in [3.8, 4) is 0 Å². The molecule has 0 radical (unpaired) electrons. The van der Waals surface area contributed by atoms with Gasteiger partial charge in [-0.2, -0.15) is 9.78 Å². The van der Waals surface area contributed by atoms with Crippen molar-refractivity contribution in [2.45, 2.75) is 45.8 Å². The van der Waals surface area contributed by atoms with Crippen LogP contribution in [0.2, 0.25) is 5.02 Å². The zero-order valence-electron chi connectivity index (χ0n) is 12.8. The van der Waals surface area contributed by atoms with Gasteiger partial charge in [-0.1, -0.05) is 44.5 Å². The predicted molar refractivity (Wildman–Crippen MR) is 83.0 cm³/mol. The number of rotatable bonds is 5. The maximum atomic E-state index is 11.1. The topological polar surface area (TPSA) is 52.8 Å². The van der Waals surface area contributed by atoms with Crippen molar-refractivity contribution in [2.75, 3.05) is 0 Å². The van der Waals surface area contributed by atoms with Gasteiger partial charge in [0, 0.05) is 5.02 Å². The maximum absolute atomic E-state index is 11.1. The normalized spacial score (nSPS) is 14.9. The molecule has 2 aromatic rings. The molecule has 0 aliphatic rings. The molecule has 2 N–H and O–H groups in total. The van der Waals surface area contributed by atoms with Crippen LogP contribution in [-0.4, -0.2) is 20.8 Å². The second-order valence-electron chi connectivity index (χ2n) is 6.56. The van der Waals surface area contributed by atoms with E-state index in [0.717, 1.165) is 11.4 Å². The van der Waals surface area contributed by atoms with Crippen LogP contribution in [0.25, 0.3) is 0 Å². The Morgan fingerprint density at radius 3 is 2.43 bits per heavy atom. The highest BCUT2D eigenvalue weighted by molar-refractivity contribution is 6.30. The Balaban J connectivity index is 2.11. The molecule has 0 saturated carbocycles. The van der Waals surface area contributed by atoms with Gasteiger partial charge in [0.25, 0.3) is 0 Å². The molecule has 0 aliphatic heterocycles. The van der Waals surface area contributed by atoms with Crippen LogP contribution in [0.15, 0.2) is 36.9 Å². The molecule has 1 aromatic heterocycles. The Bertz CT molecular complexity index is 560. The molecular weight excluding hydrogens is 286 g/mol. The number of aliphatic hydroxyl groups is 1. The minimum atomic E-state index is -0.830. The average molecular weight is 309 g/mol. The third-order valence-electron chi connectivity index (χ3n) is 4.07. The van der Waals surface area contributed by atoms with E-state index in [0.29, 0.717) is 13.0 Å². The molecule has 21 heavy (non-hydrogen) atoms. The molecule has 2 rings (SSSR count). The van der Waals surface area contributed by atoms with Crippen molar-refractivity contribution in [3.63, 3.8) is 0 Å². The summed E-state index contributed by atoms with van der Waals surface area (Å²) in [6.45, 7) is 6.67. The third kappa shape index (κ3) is 4.05. The lowest BCUT2D eigenvalue weighted by Gasteiger charge is -2.38. The fourth-order valence-electron chi connectivity index (χ4n) is 2.32. The first-order chi connectivity index (χ1) is 9.80. The molecule has 114 valence electrons. The maximum Gasteiger partial charge on any atom is 0.306 e. The number of aromatic amines is 1. The van der Waals surface area contributed by atoms with Crippen LogP contribution in [0, 0.1) is 5.41 Å². The van der Waals surface area contributed by atoms with Gasteiger partial charge in [0.05, 0.1) is 0 Å². The van der Waals surface area contributed by atoms with E-state index >= 15 is 0 Å². The molecule has 1 heterocycles. The number of halogens is 1. The lowest BCUT2D eigenvalue weighted by atomic mass is 9.73. The quantitative estimate of drug-likeness (QED) is 0.835. The summed E-state index contributed by atoms with van der Waals surface area (Å²) in [4.78, 5) is 4.00. The van der Waals surface area contributed by atoms with Gasteiger partial charge in [-0.3, -0.25) is 0 Å². The first-order valence-electron chi connectivity index (χ1n) is 7.15. The lowest BCUT2D eigenvalue weighted by molar-refractivity contribution is -0.765. The Morgan fingerprint density at radius 1 is 1.24 bits per heavy atom. The van der Waals surface area contributed by atoms with Crippen molar-refractivity contribution in [1.82, 2.24) is 10.1 Å². The van der Waals surface area contributed by atoms with Gasteiger partial charge < -0.3 is 5.11 Å². The lowest BCUT2D eigenvalue weighted by Crippen LogP contribution is -2.55. The van der Waals surface area contributed by atoms with Gasteiger partial charge in [-0.15, -0.1) is 0 Å². The van der Waals surface area contributed by atoms with Gasteiger partial charge in [0.2, 0.25) is 6.33 Å². The largest absolute Gasteiger partial charge is 0.385 e. The molecule has 0 unspecified atom stereocenters. The van der Waals surface area contributed by atoms with E-state index in [4.69, 9.17) is 11.6 Å². The number of nitrogens with one attached hydrogen (secondary N) is 1. The summed E-state index contributed by atoms with van der Waals surface area (Å²) in [6.07, 6.45) is 4.78. The Kier molecular flexibility index (Phi) is 4.69. The molecule has 0 spiro atoms. The van der Waals surface area contributed by atoms with Crippen molar-refractivity contribution in [2.24, 2.45) is 5.41 Å². The molecule has 0 fully saturated rings. The molecule has 1 atom stereocenters. The molecule has 0 amide bonds. The highest BCUT2D eigenvalue weighted by atomic mass is 35.5. The minimum absolute atomic E-state index is 0.239. The van der Waals surface area contributed by atoms with E-state index in [1.807, 2.05) is 28.9 Å². The smallest absolute Gasteiger partial charge is 0.306 e. The van der Waals surface area contributed by atoms with Gasteiger partial charge in [0.1, 0.15) is 12.1 Å². The summed E-state index contributed by atoms with van der Waals surface area (Å²) in [5, 5.41) is 14.9. The van der Waals surface area contributed by atoms with Crippen LogP contribution < -0.4 is 4.68 Å². The van der Waals surface area contributed by atoms with E-state index in [1.54, 1.807) is 12.7 Å². The number of aryl methyl sites for hydroxylation is 1. The zero-order chi connectivity index (χ0) is 15.5. The van der Waals surface area contributed by atoms with Crippen LogP contribution in [0.1, 0.15) is 32.8 Å². The summed E-state index contributed by atoms with van der Waals surface area (Å²) in [6, 6.07) is 7.79. The van der Waals surface area contributed by atoms with Gasteiger partial charge in [-0.25, -0.2) is 0 Å². The molecule has 0 saturated heterocycles. The fourth-order valence-corrected chi connectivity index (χ4v) is 2.44. The van der Waals surface area contributed by atoms with Gasteiger partial charge in [-0.05, 0) is 40.9 Å². The van der Waals surface area contributed by atoms with E-state index in [-0.39, 0.29) is 5.41 Å². The summed E-state index contributed by atoms with van der Waals surface area (Å²) in [7, 11) is 0. The number of hydrogen-bond acceptors (Lipinski definition) is 2.